The van der Waals surface area contributed by atoms with Crippen LogP contribution in [0.15, 0.2) is 25.3 Å². The third kappa shape index (κ3) is 4.98. The Morgan fingerprint density at radius 1 is 0.810 bits per heavy atom. The fraction of sp³-hybridized carbons (Fsp3) is 0.800. The van der Waals surface area contributed by atoms with Crippen molar-refractivity contribution in [3.63, 3.8) is 0 Å². The molecule has 0 aliphatic heterocycles. The molecule has 1 nitrogen and oxygen atoms in total. The molecule has 0 aromatic rings. The topological polar surface area (TPSA) is 9.23 Å². The molecule has 2 aliphatic rings. The van der Waals surface area contributed by atoms with Crippen LogP contribution >= 0.6 is 0 Å². The highest BCUT2D eigenvalue weighted by molar-refractivity contribution is 4.93. The van der Waals surface area contributed by atoms with Gasteiger partial charge in [0.25, 0.3) is 0 Å². The molecule has 0 aromatic carbocycles. The molecule has 0 radical (unpaired) electrons. The highest BCUT2D eigenvalue weighted by Crippen LogP contribution is 2.45. The predicted molar refractivity (Wildman–Crippen MR) is 93.6 cm³/mol. The Hall–Kier alpha value is -0.560. The largest absolute Gasteiger partial charge is 0.369 e. The Kier molecular flexibility index (Phi) is 7.20. The maximum absolute atomic E-state index is 6.73. The van der Waals surface area contributed by atoms with Crippen molar-refractivity contribution in [2.75, 3.05) is 0 Å². The number of ether oxygens (including phenoxy) is 1. The Labute approximate surface area is 132 Å². The molecule has 0 aromatic heterocycles. The van der Waals surface area contributed by atoms with Gasteiger partial charge in [-0.2, -0.15) is 0 Å². The quantitative estimate of drug-likeness (QED) is 0.555. The van der Waals surface area contributed by atoms with Crippen LogP contribution in [-0.4, -0.2) is 11.2 Å². The van der Waals surface area contributed by atoms with Gasteiger partial charge in [0.2, 0.25) is 0 Å². The standard InChI is InChI=1S/C16H30O.C4H6/c1-13-9-5-7-11-15(13,3)17-16(4)12-8-6-10-14(16)2;1-3-4-2/h13-14H,5-12H2,1-4H3;3-4H,1-2H2. The zero-order valence-corrected chi connectivity index (χ0v) is 14.8. The van der Waals surface area contributed by atoms with Crippen molar-refractivity contribution in [2.45, 2.75) is 90.3 Å². The van der Waals surface area contributed by atoms with Crippen LogP contribution in [0.2, 0.25) is 0 Å². The van der Waals surface area contributed by atoms with Gasteiger partial charge in [-0.15, -0.1) is 0 Å². The normalized spacial score (nSPS) is 39.8. The zero-order chi connectivity index (χ0) is 15.9. The Bertz CT molecular complexity index is 303. The molecule has 2 fully saturated rings. The molecule has 0 N–H and O–H groups in total. The molecule has 1 heteroatoms. The summed E-state index contributed by atoms with van der Waals surface area (Å²) in [4.78, 5) is 0. The minimum Gasteiger partial charge on any atom is -0.369 e. The lowest BCUT2D eigenvalue weighted by atomic mass is 9.73. The first-order valence-electron chi connectivity index (χ1n) is 8.81. The molecule has 21 heavy (non-hydrogen) atoms. The Morgan fingerprint density at radius 3 is 1.48 bits per heavy atom. The van der Waals surface area contributed by atoms with Gasteiger partial charge in [0.05, 0.1) is 11.2 Å². The van der Waals surface area contributed by atoms with Crippen LogP contribution in [0.1, 0.15) is 79.1 Å². The van der Waals surface area contributed by atoms with Gasteiger partial charge >= 0.3 is 0 Å². The van der Waals surface area contributed by atoms with Crippen molar-refractivity contribution in [3.05, 3.63) is 25.3 Å². The van der Waals surface area contributed by atoms with Crippen LogP contribution in [-0.2, 0) is 4.74 Å². The van der Waals surface area contributed by atoms with Gasteiger partial charge in [-0.3, -0.25) is 0 Å². The van der Waals surface area contributed by atoms with Gasteiger partial charge in [0.1, 0.15) is 0 Å². The molecule has 0 bridgehead atoms. The maximum Gasteiger partial charge on any atom is 0.0687 e. The van der Waals surface area contributed by atoms with E-state index in [1.807, 2.05) is 0 Å². The van der Waals surface area contributed by atoms with Crippen LogP contribution in [0.3, 0.4) is 0 Å². The molecule has 2 rings (SSSR count). The summed E-state index contributed by atoms with van der Waals surface area (Å²) in [6.45, 7) is 16.2. The molecule has 2 saturated carbocycles. The summed E-state index contributed by atoms with van der Waals surface area (Å²) in [6.07, 6.45) is 14.0. The minimum atomic E-state index is 0.137. The van der Waals surface area contributed by atoms with Gasteiger partial charge in [-0.05, 0) is 51.4 Å². The summed E-state index contributed by atoms with van der Waals surface area (Å²) in [5, 5.41) is 0. The first kappa shape index (κ1) is 18.5. The van der Waals surface area contributed by atoms with E-state index in [2.05, 4.69) is 40.9 Å². The molecule has 4 atom stereocenters. The van der Waals surface area contributed by atoms with Crippen LogP contribution < -0.4 is 0 Å². The second-order valence-electron chi connectivity index (χ2n) is 7.49. The molecule has 0 spiro atoms. The van der Waals surface area contributed by atoms with E-state index in [1.54, 1.807) is 12.2 Å². The van der Waals surface area contributed by atoms with Crippen molar-refractivity contribution >= 4 is 0 Å². The van der Waals surface area contributed by atoms with Gasteiger partial charge in [-0.1, -0.05) is 64.8 Å². The van der Waals surface area contributed by atoms with Crippen LogP contribution in [0, 0.1) is 11.8 Å². The smallest absolute Gasteiger partial charge is 0.0687 e. The lowest BCUT2D eigenvalue weighted by molar-refractivity contribution is -0.205. The van der Waals surface area contributed by atoms with E-state index in [1.165, 1.54) is 51.4 Å². The molecule has 122 valence electrons. The molecule has 0 saturated heterocycles. The maximum atomic E-state index is 6.73. The first-order valence-corrected chi connectivity index (χ1v) is 8.81. The van der Waals surface area contributed by atoms with Crippen LogP contribution in [0.4, 0.5) is 0 Å². The highest BCUT2D eigenvalue weighted by atomic mass is 16.5. The van der Waals surface area contributed by atoms with E-state index in [0.29, 0.717) is 0 Å². The number of hydrogen-bond donors (Lipinski definition) is 0. The van der Waals surface area contributed by atoms with Gasteiger partial charge in [0.15, 0.2) is 0 Å². The highest BCUT2D eigenvalue weighted by Gasteiger charge is 2.44. The zero-order valence-electron chi connectivity index (χ0n) is 14.8. The molecule has 4 unspecified atom stereocenters. The van der Waals surface area contributed by atoms with Crippen molar-refractivity contribution in [1.82, 2.24) is 0 Å². The lowest BCUT2D eigenvalue weighted by Crippen LogP contribution is -2.50. The number of hydrogen-bond acceptors (Lipinski definition) is 1. The summed E-state index contributed by atoms with van der Waals surface area (Å²) >= 11 is 0. The number of allylic oxidation sites excluding steroid dienone is 2. The minimum absolute atomic E-state index is 0.137. The molecule has 0 amide bonds. The van der Waals surface area contributed by atoms with E-state index in [4.69, 9.17) is 4.74 Å². The number of rotatable bonds is 3. The fourth-order valence-corrected chi connectivity index (χ4v) is 3.79. The third-order valence-corrected chi connectivity index (χ3v) is 5.84. The predicted octanol–water partition coefficient (Wildman–Crippen LogP) is 6.30. The summed E-state index contributed by atoms with van der Waals surface area (Å²) in [7, 11) is 0. The van der Waals surface area contributed by atoms with E-state index in [-0.39, 0.29) is 11.2 Å². The second-order valence-corrected chi connectivity index (χ2v) is 7.49. The molecule has 2 aliphatic carbocycles. The Balaban J connectivity index is 0.000000491. The van der Waals surface area contributed by atoms with Gasteiger partial charge in [-0.25, -0.2) is 0 Å². The SMILES string of the molecule is C=CC=C.CC1CCCCC1(C)OC1(C)CCCCC1C. The summed E-state index contributed by atoms with van der Waals surface area (Å²) in [6, 6.07) is 0. The lowest BCUT2D eigenvalue weighted by Gasteiger charge is -2.50. The fourth-order valence-electron chi connectivity index (χ4n) is 3.79. The molecular formula is C20H36O. The third-order valence-electron chi connectivity index (χ3n) is 5.84. The molecular weight excluding hydrogens is 256 g/mol. The van der Waals surface area contributed by atoms with Crippen molar-refractivity contribution in [1.29, 1.82) is 0 Å². The van der Waals surface area contributed by atoms with E-state index in [0.717, 1.165) is 11.8 Å². The van der Waals surface area contributed by atoms with Crippen molar-refractivity contribution < 1.29 is 4.74 Å². The van der Waals surface area contributed by atoms with Gasteiger partial charge in [0, 0.05) is 0 Å². The molecule has 0 heterocycles. The average molecular weight is 293 g/mol. The van der Waals surface area contributed by atoms with Crippen LogP contribution in [0.25, 0.3) is 0 Å². The second kappa shape index (κ2) is 8.17. The van der Waals surface area contributed by atoms with Crippen LogP contribution in [0.5, 0.6) is 0 Å². The van der Waals surface area contributed by atoms with Crippen molar-refractivity contribution in [3.8, 4) is 0 Å². The van der Waals surface area contributed by atoms with E-state index in [9.17, 15) is 0 Å². The first-order chi connectivity index (χ1) is 9.88. The monoisotopic (exact) mass is 292 g/mol. The van der Waals surface area contributed by atoms with Crippen molar-refractivity contribution in [2.24, 2.45) is 11.8 Å². The van der Waals surface area contributed by atoms with Gasteiger partial charge < -0.3 is 4.74 Å². The Morgan fingerprint density at radius 2 is 1.19 bits per heavy atom. The summed E-state index contributed by atoms with van der Waals surface area (Å²) in [5.41, 5.74) is 0.275. The average Bonchev–Trinajstić information content (AvgIpc) is 2.46. The van der Waals surface area contributed by atoms with E-state index >= 15 is 0 Å². The summed E-state index contributed by atoms with van der Waals surface area (Å²) in [5.74, 6) is 1.45. The van der Waals surface area contributed by atoms with E-state index < -0.39 is 0 Å². The summed E-state index contributed by atoms with van der Waals surface area (Å²) < 4.78 is 6.73.